The minimum atomic E-state index is 0.465. The number of nitriles is 1. The zero-order valence-corrected chi connectivity index (χ0v) is 13.1. The summed E-state index contributed by atoms with van der Waals surface area (Å²) in [6, 6.07) is 14.2. The highest BCUT2D eigenvalue weighted by molar-refractivity contribution is 9.10. The standard InChI is InChI=1S/C16H15BrN4/c17-13-1-4-15(5-2-13)20-7-9-21(10-8-20)16-6-3-14(11-18)19-12-16/h1-6,12H,7-10H2. The smallest absolute Gasteiger partial charge is 0.140 e. The summed E-state index contributed by atoms with van der Waals surface area (Å²) in [6.07, 6.45) is 1.79. The fourth-order valence-electron chi connectivity index (χ4n) is 2.51. The van der Waals surface area contributed by atoms with Crippen LogP contribution in [0.3, 0.4) is 0 Å². The fraction of sp³-hybridized carbons (Fsp3) is 0.250. The summed E-state index contributed by atoms with van der Waals surface area (Å²) in [5.74, 6) is 0. The molecule has 0 atom stereocenters. The van der Waals surface area contributed by atoms with Gasteiger partial charge in [0.2, 0.25) is 0 Å². The Bertz CT molecular complexity index is 637. The molecular formula is C16H15BrN4. The van der Waals surface area contributed by atoms with Crippen LogP contribution in [-0.4, -0.2) is 31.2 Å². The lowest BCUT2D eigenvalue weighted by Gasteiger charge is -2.37. The maximum Gasteiger partial charge on any atom is 0.140 e. The van der Waals surface area contributed by atoms with Gasteiger partial charge in [0.05, 0.1) is 11.9 Å². The van der Waals surface area contributed by atoms with Crippen LogP contribution in [0.4, 0.5) is 11.4 Å². The second-order valence-electron chi connectivity index (χ2n) is 4.96. The number of anilines is 2. The van der Waals surface area contributed by atoms with E-state index in [0.717, 1.165) is 36.3 Å². The molecule has 1 saturated heterocycles. The minimum Gasteiger partial charge on any atom is -0.368 e. The van der Waals surface area contributed by atoms with Crippen LogP contribution >= 0.6 is 15.9 Å². The summed E-state index contributed by atoms with van der Waals surface area (Å²) in [6.45, 7) is 3.90. The molecule has 1 aromatic heterocycles. The monoisotopic (exact) mass is 342 g/mol. The molecule has 0 amide bonds. The lowest BCUT2D eigenvalue weighted by Crippen LogP contribution is -2.46. The van der Waals surface area contributed by atoms with Gasteiger partial charge in [-0.2, -0.15) is 5.26 Å². The van der Waals surface area contributed by atoms with Gasteiger partial charge >= 0.3 is 0 Å². The van der Waals surface area contributed by atoms with Crippen LogP contribution in [0.5, 0.6) is 0 Å². The molecule has 4 nitrogen and oxygen atoms in total. The lowest BCUT2D eigenvalue weighted by atomic mass is 10.2. The predicted octanol–water partition coefficient (Wildman–Crippen LogP) is 3.04. The molecule has 0 spiro atoms. The van der Waals surface area contributed by atoms with E-state index < -0.39 is 0 Å². The number of piperazine rings is 1. The molecule has 1 fully saturated rings. The van der Waals surface area contributed by atoms with Crippen LogP contribution in [0.1, 0.15) is 5.69 Å². The molecule has 0 bridgehead atoms. The third-order valence-corrected chi connectivity index (χ3v) is 4.23. The Labute approximate surface area is 132 Å². The molecule has 0 unspecified atom stereocenters. The third kappa shape index (κ3) is 3.17. The van der Waals surface area contributed by atoms with E-state index in [1.165, 1.54) is 5.69 Å². The van der Waals surface area contributed by atoms with Crippen LogP contribution < -0.4 is 9.80 Å². The number of rotatable bonds is 2. The highest BCUT2D eigenvalue weighted by atomic mass is 79.9. The van der Waals surface area contributed by atoms with Gasteiger partial charge in [0.25, 0.3) is 0 Å². The summed E-state index contributed by atoms with van der Waals surface area (Å²) < 4.78 is 1.11. The first-order chi connectivity index (χ1) is 10.3. The molecular weight excluding hydrogens is 328 g/mol. The van der Waals surface area contributed by atoms with Gasteiger partial charge in [-0.3, -0.25) is 0 Å². The van der Waals surface area contributed by atoms with Gasteiger partial charge in [0.15, 0.2) is 0 Å². The van der Waals surface area contributed by atoms with Gasteiger partial charge in [-0.15, -0.1) is 0 Å². The average molecular weight is 343 g/mol. The van der Waals surface area contributed by atoms with Gasteiger partial charge in [-0.05, 0) is 36.4 Å². The van der Waals surface area contributed by atoms with E-state index >= 15 is 0 Å². The van der Waals surface area contributed by atoms with Crippen molar-refractivity contribution < 1.29 is 0 Å². The maximum absolute atomic E-state index is 8.78. The molecule has 0 N–H and O–H groups in total. The van der Waals surface area contributed by atoms with Gasteiger partial charge in [-0.1, -0.05) is 15.9 Å². The molecule has 0 saturated carbocycles. The zero-order valence-electron chi connectivity index (χ0n) is 11.5. The lowest BCUT2D eigenvalue weighted by molar-refractivity contribution is 0.652. The molecule has 1 aromatic carbocycles. The van der Waals surface area contributed by atoms with Gasteiger partial charge < -0.3 is 9.80 Å². The van der Waals surface area contributed by atoms with Crippen LogP contribution in [0.25, 0.3) is 0 Å². The SMILES string of the molecule is N#Cc1ccc(N2CCN(c3ccc(Br)cc3)CC2)cn1. The Morgan fingerprint density at radius 1 is 0.905 bits per heavy atom. The van der Waals surface area contributed by atoms with Crippen LogP contribution in [0, 0.1) is 11.3 Å². The van der Waals surface area contributed by atoms with E-state index in [1.54, 1.807) is 12.3 Å². The molecule has 0 aliphatic carbocycles. The van der Waals surface area contributed by atoms with Crippen molar-refractivity contribution in [1.82, 2.24) is 4.98 Å². The van der Waals surface area contributed by atoms with Crippen molar-refractivity contribution in [1.29, 1.82) is 5.26 Å². The van der Waals surface area contributed by atoms with Gasteiger partial charge in [-0.25, -0.2) is 4.98 Å². The Kier molecular flexibility index (Phi) is 4.07. The fourth-order valence-corrected chi connectivity index (χ4v) is 2.78. The number of halogens is 1. The normalized spacial score (nSPS) is 14.9. The van der Waals surface area contributed by atoms with Crippen LogP contribution in [-0.2, 0) is 0 Å². The van der Waals surface area contributed by atoms with E-state index in [-0.39, 0.29) is 0 Å². The van der Waals surface area contributed by atoms with Crippen molar-refractivity contribution in [3.05, 3.63) is 52.8 Å². The molecule has 21 heavy (non-hydrogen) atoms. The summed E-state index contributed by atoms with van der Waals surface area (Å²) in [5.41, 5.74) is 2.81. The van der Waals surface area contributed by atoms with Crippen molar-refractivity contribution in [3.63, 3.8) is 0 Å². The molecule has 1 aliphatic rings. The Balaban J connectivity index is 1.64. The quantitative estimate of drug-likeness (QED) is 0.841. The number of hydrogen-bond donors (Lipinski definition) is 0. The Morgan fingerprint density at radius 2 is 1.48 bits per heavy atom. The van der Waals surface area contributed by atoms with E-state index in [2.05, 4.69) is 55.0 Å². The highest BCUT2D eigenvalue weighted by Gasteiger charge is 2.17. The number of benzene rings is 1. The summed E-state index contributed by atoms with van der Waals surface area (Å²) >= 11 is 3.46. The highest BCUT2D eigenvalue weighted by Crippen LogP contribution is 2.22. The van der Waals surface area contributed by atoms with Crippen molar-refractivity contribution in [2.75, 3.05) is 36.0 Å². The molecule has 2 aromatic rings. The van der Waals surface area contributed by atoms with Crippen molar-refractivity contribution in [3.8, 4) is 6.07 Å². The molecule has 3 rings (SSSR count). The first-order valence-electron chi connectivity index (χ1n) is 6.88. The first-order valence-corrected chi connectivity index (χ1v) is 7.67. The average Bonchev–Trinajstić information content (AvgIpc) is 2.56. The topological polar surface area (TPSA) is 43.2 Å². The van der Waals surface area contributed by atoms with E-state index in [4.69, 9.17) is 5.26 Å². The number of aromatic nitrogens is 1. The number of pyridine rings is 1. The summed E-state index contributed by atoms with van der Waals surface area (Å²) in [5, 5.41) is 8.78. The zero-order chi connectivity index (χ0) is 14.7. The third-order valence-electron chi connectivity index (χ3n) is 3.70. The molecule has 0 radical (unpaired) electrons. The van der Waals surface area contributed by atoms with Crippen molar-refractivity contribution >= 4 is 27.3 Å². The molecule has 2 heterocycles. The second kappa shape index (κ2) is 6.15. The molecule has 1 aliphatic heterocycles. The van der Waals surface area contributed by atoms with Crippen molar-refractivity contribution in [2.45, 2.75) is 0 Å². The van der Waals surface area contributed by atoms with Crippen LogP contribution in [0.2, 0.25) is 0 Å². The van der Waals surface area contributed by atoms with E-state index in [9.17, 15) is 0 Å². The van der Waals surface area contributed by atoms with Crippen LogP contribution in [0.15, 0.2) is 47.1 Å². The van der Waals surface area contributed by atoms with E-state index in [0.29, 0.717) is 5.69 Å². The number of hydrogen-bond acceptors (Lipinski definition) is 4. The first kappa shape index (κ1) is 13.9. The molecule has 5 heteroatoms. The second-order valence-corrected chi connectivity index (χ2v) is 5.88. The predicted molar refractivity (Wildman–Crippen MR) is 87.5 cm³/mol. The summed E-state index contributed by atoms with van der Waals surface area (Å²) in [7, 11) is 0. The molecule has 106 valence electrons. The van der Waals surface area contributed by atoms with E-state index in [1.807, 2.05) is 12.1 Å². The number of nitrogens with zero attached hydrogens (tertiary/aromatic N) is 4. The maximum atomic E-state index is 8.78. The summed E-state index contributed by atoms with van der Waals surface area (Å²) in [4.78, 5) is 8.84. The van der Waals surface area contributed by atoms with Gasteiger partial charge in [0, 0.05) is 36.3 Å². The van der Waals surface area contributed by atoms with Gasteiger partial charge in [0.1, 0.15) is 11.8 Å². The Hall–Kier alpha value is -2.06. The van der Waals surface area contributed by atoms with Crippen molar-refractivity contribution in [2.24, 2.45) is 0 Å². The Morgan fingerprint density at radius 3 is 2.00 bits per heavy atom. The largest absolute Gasteiger partial charge is 0.368 e. The minimum absolute atomic E-state index is 0.465.